The highest BCUT2D eigenvalue weighted by Gasteiger charge is 2.31. The monoisotopic (exact) mass is 307 g/mol. The summed E-state index contributed by atoms with van der Waals surface area (Å²) in [6.07, 6.45) is 0.616. The van der Waals surface area contributed by atoms with E-state index in [0.29, 0.717) is 13.0 Å². The Morgan fingerprint density at radius 2 is 2.15 bits per heavy atom. The Morgan fingerprint density at radius 3 is 2.80 bits per heavy atom. The van der Waals surface area contributed by atoms with E-state index in [-0.39, 0.29) is 11.3 Å². The van der Waals surface area contributed by atoms with Crippen LogP contribution in [0.2, 0.25) is 0 Å². The summed E-state index contributed by atoms with van der Waals surface area (Å²) in [5.74, 6) is 2.86. The Kier molecular flexibility index (Phi) is 3.89. The molecule has 0 bridgehead atoms. The van der Waals surface area contributed by atoms with Crippen LogP contribution < -0.4 is 0 Å². The summed E-state index contributed by atoms with van der Waals surface area (Å²) in [6.45, 7) is 4.58. The summed E-state index contributed by atoms with van der Waals surface area (Å²) in [4.78, 5) is 16.8. The Bertz CT molecular complexity index is 617. The SMILES string of the molecule is Cc1ccc(CN2C(=O)CCSC2c2ccc(C)s2)o1. The minimum atomic E-state index is 0.125. The van der Waals surface area contributed by atoms with Gasteiger partial charge in [0.15, 0.2) is 0 Å². The van der Waals surface area contributed by atoms with Crippen LogP contribution in [0.25, 0.3) is 0 Å². The summed E-state index contributed by atoms with van der Waals surface area (Å²) >= 11 is 3.61. The van der Waals surface area contributed by atoms with E-state index in [9.17, 15) is 4.79 Å². The molecule has 2 aromatic rings. The fourth-order valence-corrected chi connectivity index (χ4v) is 4.70. The highest BCUT2D eigenvalue weighted by Crippen LogP contribution is 2.41. The van der Waals surface area contributed by atoms with Gasteiger partial charge in [-0.15, -0.1) is 23.1 Å². The zero-order valence-corrected chi connectivity index (χ0v) is 13.2. The number of hydrogen-bond donors (Lipinski definition) is 0. The Balaban J connectivity index is 1.85. The molecular formula is C15H17NO2S2. The molecule has 1 unspecified atom stereocenters. The number of nitrogens with zero attached hydrogens (tertiary/aromatic N) is 1. The first-order chi connectivity index (χ1) is 9.63. The molecule has 0 N–H and O–H groups in total. The molecule has 0 radical (unpaired) electrons. The predicted octanol–water partition coefficient (Wildman–Crippen LogP) is 4.12. The van der Waals surface area contributed by atoms with Crippen molar-refractivity contribution in [3.05, 3.63) is 45.5 Å². The second-order valence-electron chi connectivity index (χ2n) is 4.96. The number of hydrogen-bond acceptors (Lipinski definition) is 4. The van der Waals surface area contributed by atoms with Gasteiger partial charge in [0.2, 0.25) is 5.91 Å². The fourth-order valence-electron chi connectivity index (χ4n) is 2.35. The van der Waals surface area contributed by atoms with Crippen LogP contribution in [0.4, 0.5) is 0 Å². The largest absolute Gasteiger partial charge is 0.464 e. The Hall–Kier alpha value is -1.20. The van der Waals surface area contributed by atoms with Crippen molar-refractivity contribution < 1.29 is 9.21 Å². The summed E-state index contributed by atoms with van der Waals surface area (Å²) < 4.78 is 5.62. The van der Waals surface area contributed by atoms with Crippen LogP contribution in [-0.4, -0.2) is 16.6 Å². The lowest BCUT2D eigenvalue weighted by atomic mass is 10.3. The lowest BCUT2D eigenvalue weighted by Gasteiger charge is -2.34. The number of amides is 1. The summed E-state index contributed by atoms with van der Waals surface area (Å²) in [6, 6.07) is 8.16. The zero-order valence-electron chi connectivity index (χ0n) is 11.6. The average Bonchev–Trinajstić information content (AvgIpc) is 3.01. The van der Waals surface area contributed by atoms with Gasteiger partial charge < -0.3 is 9.32 Å². The van der Waals surface area contributed by atoms with Gasteiger partial charge in [0.25, 0.3) is 0 Å². The Morgan fingerprint density at radius 1 is 1.30 bits per heavy atom. The van der Waals surface area contributed by atoms with Crippen LogP contribution in [0.5, 0.6) is 0 Å². The quantitative estimate of drug-likeness (QED) is 0.855. The average molecular weight is 307 g/mol. The normalized spacial score (nSPS) is 19.6. The van der Waals surface area contributed by atoms with E-state index in [1.165, 1.54) is 9.75 Å². The molecule has 1 atom stereocenters. The fraction of sp³-hybridized carbons (Fsp3) is 0.400. The Labute approximate surface area is 127 Å². The number of carbonyl (C=O) groups is 1. The molecule has 20 heavy (non-hydrogen) atoms. The van der Waals surface area contributed by atoms with Crippen LogP contribution in [-0.2, 0) is 11.3 Å². The maximum Gasteiger partial charge on any atom is 0.225 e. The molecule has 0 saturated carbocycles. The molecule has 3 rings (SSSR count). The molecule has 1 amide bonds. The minimum Gasteiger partial charge on any atom is -0.464 e. The maximum atomic E-state index is 12.3. The molecule has 0 aromatic carbocycles. The standard InChI is InChI=1S/C15H17NO2S2/c1-10-3-5-12(18-10)9-16-14(17)7-8-19-15(16)13-6-4-11(2)20-13/h3-6,15H,7-9H2,1-2H3. The molecule has 3 nitrogen and oxygen atoms in total. The second-order valence-corrected chi connectivity index (χ2v) is 7.46. The van der Waals surface area contributed by atoms with E-state index < -0.39 is 0 Å². The molecule has 2 aromatic heterocycles. The summed E-state index contributed by atoms with van der Waals surface area (Å²) in [7, 11) is 0. The van der Waals surface area contributed by atoms with Gasteiger partial charge in [-0.05, 0) is 38.1 Å². The summed E-state index contributed by atoms with van der Waals surface area (Å²) in [5, 5.41) is 0.125. The van der Waals surface area contributed by atoms with Gasteiger partial charge in [0, 0.05) is 21.9 Å². The number of rotatable bonds is 3. The van der Waals surface area contributed by atoms with Crippen molar-refractivity contribution in [2.75, 3.05) is 5.75 Å². The molecule has 1 fully saturated rings. The van der Waals surface area contributed by atoms with Gasteiger partial charge in [0.1, 0.15) is 16.9 Å². The topological polar surface area (TPSA) is 33.5 Å². The van der Waals surface area contributed by atoms with E-state index in [0.717, 1.165) is 17.3 Å². The van der Waals surface area contributed by atoms with E-state index in [1.807, 2.05) is 35.7 Å². The predicted molar refractivity (Wildman–Crippen MR) is 82.9 cm³/mol. The molecule has 3 heterocycles. The third-order valence-electron chi connectivity index (χ3n) is 3.32. The molecule has 1 aliphatic rings. The van der Waals surface area contributed by atoms with Crippen molar-refractivity contribution >= 4 is 29.0 Å². The summed E-state index contributed by atoms with van der Waals surface area (Å²) in [5.41, 5.74) is 0. The van der Waals surface area contributed by atoms with Gasteiger partial charge in [-0.2, -0.15) is 0 Å². The molecule has 1 saturated heterocycles. The third-order valence-corrected chi connectivity index (χ3v) is 5.79. The van der Waals surface area contributed by atoms with Crippen molar-refractivity contribution in [1.82, 2.24) is 4.90 Å². The number of aryl methyl sites for hydroxylation is 2. The van der Waals surface area contributed by atoms with Crippen molar-refractivity contribution in [3.8, 4) is 0 Å². The molecule has 0 aliphatic carbocycles. The number of thiophene rings is 1. The highest BCUT2D eigenvalue weighted by molar-refractivity contribution is 7.99. The smallest absolute Gasteiger partial charge is 0.225 e. The number of carbonyl (C=O) groups excluding carboxylic acids is 1. The number of thioether (sulfide) groups is 1. The maximum absolute atomic E-state index is 12.3. The van der Waals surface area contributed by atoms with Crippen molar-refractivity contribution in [2.24, 2.45) is 0 Å². The van der Waals surface area contributed by atoms with Crippen LogP contribution in [0.15, 0.2) is 28.7 Å². The molecule has 0 spiro atoms. The number of furan rings is 1. The second kappa shape index (κ2) is 5.66. The van der Waals surface area contributed by atoms with Gasteiger partial charge >= 0.3 is 0 Å². The minimum absolute atomic E-state index is 0.125. The van der Waals surface area contributed by atoms with Crippen LogP contribution in [0, 0.1) is 13.8 Å². The van der Waals surface area contributed by atoms with Crippen molar-refractivity contribution in [3.63, 3.8) is 0 Å². The molecule has 5 heteroatoms. The van der Waals surface area contributed by atoms with E-state index >= 15 is 0 Å². The molecule has 1 aliphatic heterocycles. The van der Waals surface area contributed by atoms with Gasteiger partial charge in [0.05, 0.1) is 6.54 Å². The van der Waals surface area contributed by atoms with Gasteiger partial charge in [-0.1, -0.05) is 0 Å². The molecule has 106 valence electrons. The lowest BCUT2D eigenvalue weighted by Crippen LogP contribution is -2.36. The van der Waals surface area contributed by atoms with E-state index in [4.69, 9.17) is 4.42 Å². The van der Waals surface area contributed by atoms with Crippen molar-refractivity contribution in [1.29, 1.82) is 0 Å². The zero-order chi connectivity index (χ0) is 14.1. The van der Waals surface area contributed by atoms with Gasteiger partial charge in [-0.25, -0.2) is 0 Å². The first-order valence-corrected chi connectivity index (χ1v) is 8.53. The van der Waals surface area contributed by atoms with Crippen LogP contribution in [0.1, 0.15) is 33.1 Å². The third kappa shape index (κ3) is 2.79. The first-order valence-electron chi connectivity index (χ1n) is 6.66. The van der Waals surface area contributed by atoms with Gasteiger partial charge in [-0.3, -0.25) is 4.79 Å². The van der Waals surface area contributed by atoms with Crippen molar-refractivity contribution in [2.45, 2.75) is 32.2 Å². The van der Waals surface area contributed by atoms with Crippen LogP contribution >= 0.6 is 23.1 Å². The first kappa shape index (κ1) is 13.8. The molecular weight excluding hydrogens is 290 g/mol. The van der Waals surface area contributed by atoms with Crippen LogP contribution in [0.3, 0.4) is 0 Å². The lowest BCUT2D eigenvalue weighted by molar-refractivity contribution is -0.132. The highest BCUT2D eigenvalue weighted by atomic mass is 32.2. The van der Waals surface area contributed by atoms with E-state index in [1.54, 1.807) is 11.3 Å². The van der Waals surface area contributed by atoms with E-state index in [2.05, 4.69) is 19.1 Å².